The molecule has 2 unspecified atom stereocenters. The zero-order chi connectivity index (χ0) is 22.3. The molecule has 0 saturated carbocycles. The van der Waals surface area contributed by atoms with E-state index < -0.39 is 0 Å². The van der Waals surface area contributed by atoms with Crippen molar-refractivity contribution < 1.29 is 4.79 Å². The zero-order valence-corrected chi connectivity index (χ0v) is 19.9. The van der Waals surface area contributed by atoms with Crippen LogP contribution in [-0.2, 0) is 19.6 Å². The molecule has 2 heterocycles. The summed E-state index contributed by atoms with van der Waals surface area (Å²) in [7, 11) is 0. The number of carbonyl (C=O) groups excluding carboxylic acids is 1. The minimum Gasteiger partial charge on any atom is -0.348 e. The van der Waals surface area contributed by atoms with E-state index in [0.29, 0.717) is 6.54 Å². The van der Waals surface area contributed by atoms with Gasteiger partial charge in [0.25, 0.3) is 5.91 Å². The van der Waals surface area contributed by atoms with Gasteiger partial charge in [0, 0.05) is 38.3 Å². The summed E-state index contributed by atoms with van der Waals surface area (Å²) in [4.78, 5) is 17.8. The Hall–Kier alpha value is -2.17. The van der Waals surface area contributed by atoms with E-state index in [9.17, 15) is 4.79 Å². The number of nitrogens with zero attached hydrogens (tertiary/aromatic N) is 2. The molecule has 2 aromatic rings. The summed E-state index contributed by atoms with van der Waals surface area (Å²) in [5.74, 6) is 1.58. The summed E-state index contributed by atoms with van der Waals surface area (Å²) in [6, 6.07) is 16.8. The average Bonchev–Trinajstić information content (AvgIpc) is 2.78. The van der Waals surface area contributed by atoms with E-state index in [0.717, 1.165) is 36.1 Å². The van der Waals surface area contributed by atoms with E-state index in [4.69, 9.17) is 0 Å². The number of hydrogen-bond acceptors (Lipinski definition) is 3. The summed E-state index contributed by atoms with van der Waals surface area (Å²) in [6.07, 6.45) is 5.28. The van der Waals surface area contributed by atoms with Gasteiger partial charge in [-0.3, -0.25) is 14.6 Å². The highest BCUT2D eigenvalue weighted by atomic mass is 16.1. The molecule has 32 heavy (non-hydrogen) atoms. The number of piperidine rings is 2. The molecule has 4 rings (SSSR count). The van der Waals surface area contributed by atoms with E-state index >= 15 is 0 Å². The molecule has 2 aromatic carbocycles. The van der Waals surface area contributed by atoms with E-state index in [2.05, 4.69) is 65.4 Å². The molecule has 0 aliphatic carbocycles. The van der Waals surface area contributed by atoms with Crippen LogP contribution >= 0.6 is 0 Å². The first-order valence-corrected chi connectivity index (χ1v) is 12.4. The summed E-state index contributed by atoms with van der Waals surface area (Å²) >= 11 is 0. The molecule has 1 amide bonds. The summed E-state index contributed by atoms with van der Waals surface area (Å²) in [6.45, 7) is 12.0. The highest BCUT2D eigenvalue weighted by molar-refractivity contribution is 5.94. The van der Waals surface area contributed by atoms with E-state index in [1.807, 2.05) is 12.1 Å². The van der Waals surface area contributed by atoms with Gasteiger partial charge in [0.15, 0.2) is 0 Å². The molecule has 1 N–H and O–H groups in total. The second-order valence-electron chi connectivity index (χ2n) is 10.2. The Kier molecular flexibility index (Phi) is 7.99. The molecule has 172 valence electrons. The van der Waals surface area contributed by atoms with Crippen LogP contribution in [0.3, 0.4) is 0 Å². The Morgan fingerprint density at radius 3 is 2.06 bits per heavy atom. The van der Waals surface area contributed by atoms with Crippen molar-refractivity contribution in [1.29, 1.82) is 0 Å². The molecule has 0 bridgehead atoms. The minimum atomic E-state index is -0.00148. The van der Waals surface area contributed by atoms with Crippen LogP contribution in [0.15, 0.2) is 48.5 Å². The number of nitrogens with one attached hydrogen (secondary N) is 1. The van der Waals surface area contributed by atoms with E-state index in [-0.39, 0.29) is 5.91 Å². The van der Waals surface area contributed by atoms with Crippen LogP contribution in [0.5, 0.6) is 0 Å². The van der Waals surface area contributed by atoms with Crippen molar-refractivity contribution in [1.82, 2.24) is 15.1 Å². The smallest absolute Gasteiger partial charge is 0.251 e. The van der Waals surface area contributed by atoms with E-state index in [1.165, 1.54) is 63.0 Å². The molecular weight excluding hydrogens is 394 g/mol. The fourth-order valence-corrected chi connectivity index (χ4v) is 5.26. The van der Waals surface area contributed by atoms with Crippen molar-refractivity contribution >= 4 is 5.91 Å². The molecule has 4 nitrogen and oxygen atoms in total. The molecule has 2 aliphatic heterocycles. The molecule has 4 heteroatoms. The molecule has 0 radical (unpaired) electrons. The van der Waals surface area contributed by atoms with E-state index in [1.54, 1.807) is 0 Å². The van der Waals surface area contributed by atoms with Crippen LogP contribution in [0.2, 0.25) is 0 Å². The molecule has 2 atom stereocenters. The van der Waals surface area contributed by atoms with Gasteiger partial charge in [0.05, 0.1) is 0 Å². The second-order valence-corrected chi connectivity index (χ2v) is 10.2. The third-order valence-electron chi connectivity index (χ3n) is 6.96. The predicted molar refractivity (Wildman–Crippen MR) is 131 cm³/mol. The lowest BCUT2D eigenvalue weighted by atomic mass is 9.99. The Morgan fingerprint density at radius 1 is 0.844 bits per heavy atom. The van der Waals surface area contributed by atoms with Gasteiger partial charge in [-0.1, -0.05) is 50.2 Å². The van der Waals surface area contributed by atoms with Crippen molar-refractivity contribution in [2.75, 3.05) is 26.2 Å². The summed E-state index contributed by atoms with van der Waals surface area (Å²) < 4.78 is 0. The van der Waals surface area contributed by atoms with Gasteiger partial charge >= 0.3 is 0 Å². The SMILES string of the molecule is CC1CCCN(Cc2ccc(C(=O)NCc3cccc(CN4CCCC(C)C4)c3)cc2)C1. The number of likely N-dealkylation sites (tertiary alicyclic amines) is 2. The fourth-order valence-electron chi connectivity index (χ4n) is 5.26. The average molecular weight is 434 g/mol. The largest absolute Gasteiger partial charge is 0.348 e. The zero-order valence-electron chi connectivity index (χ0n) is 19.9. The maximum atomic E-state index is 12.7. The number of hydrogen-bond donors (Lipinski definition) is 1. The molecule has 2 fully saturated rings. The van der Waals surface area contributed by atoms with Crippen molar-refractivity contribution in [2.24, 2.45) is 11.8 Å². The highest BCUT2D eigenvalue weighted by Gasteiger charge is 2.17. The standard InChI is InChI=1S/C28H39N3O/c1-22-6-4-14-30(18-22)20-24-10-12-27(13-11-24)28(32)29-17-25-8-3-9-26(16-25)21-31-15-5-7-23(2)19-31/h3,8-13,16,22-23H,4-7,14-15,17-21H2,1-2H3,(H,29,32). The van der Waals surface area contributed by atoms with Crippen LogP contribution in [0, 0.1) is 11.8 Å². The van der Waals surface area contributed by atoms with Crippen molar-refractivity contribution in [3.8, 4) is 0 Å². The Bertz CT molecular complexity index is 879. The van der Waals surface area contributed by atoms with Gasteiger partial charge in [0.2, 0.25) is 0 Å². The minimum absolute atomic E-state index is 0.00148. The van der Waals surface area contributed by atoms with Crippen LogP contribution in [0.1, 0.15) is 66.6 Å². The number of rotatable bonds is 7. The maximum Gasteiger partial charge on any atom is 0.251 e. The summed E-state index contributed by atoms with van der Waals surface area (Å²) in [5, 5.41) is 3.10. The van der Waals surface area contributed by atoms with Gasteiger partial charge in [0.1, 0.15) is 0 Å². The second kappa shape index (κ2) is 11.1. The molecule has 0 spiro atoms. The molecule has 2 aliphatic rings. The van der Waals surface area contributed by atoms with Crippen molar-refractivity contribution in [3.63, 3.8) is 0 Å². The first kappa shape index (κ1) is 23.0. The monoisotopic (exact) mass is 433 g/mol. The van der Waals surface area contributed by atoms with Gasteiger partial charge in [-0.05, 0) is 79.4 Å². The van der Waals surface area contributed by atoms with Gasteiger partial charge in [-0.2, -0.15) is 0 Å². The number of benzene rings is 2. The first-order chi connectivity index (χ1) is 15.5. The van der Waals surface area contributed by atoms with Crippen molar-refractivity contribution in [3.05, 3.63) is 70.8 Å². The highest BCUT2D eigenvalue weighted by Crippen LogP contribution is 2.19. The lowest BCUT2D eigenvalue weighted by molar-refractivity contribution is 0.0951. The van der Waals surface area contributed by atoms with Crippen LogP contribution in [-0.4, -0.2) is 41.9 Å². The maximum absolute atomic E-state index is 12.7. The van der Waals surface area contributed by atoms with Gasteiger partial charge in [-0.25, -0.2) is 0 Å². The van der Waals surface area contributed by atoms with Crippen LogP contribution in [0.4, 0.5) is 0 Å². The van der Waals surface area contributed by atoms with Crippen LogP contribution in [0.25, 0.3) is 0 Å². The fraction of sp³-hybridized carbons (Fsp3) is 0.536. The van der Waals surface area contributed by atoms with Crippen LogP contribution < -0.4 is 5.32 Å². The first-order valence-electron chi connectivity index (χ1n) is 12.4. The molecule has 0 aromatic heterocycles. The van der Waals surface area contributed by atoms with Gasteiger partial charge < -0.3 is 5.32 Å². The van der Waals surface area contributed by atoms with Gasteiger partial charge in [-0.15, -0.1) is 0 Å². The Morgan fingerprint density at radius 2 is 1.44 bits per heavy atom. The number of carbonyl (C=O) groups is 1. The predicted octanol–water partition coefficient (Wildman–Crippen LogP) is 5.08. The third-order valence-corrected chi connectivity index (χ3v) is 6.96. The third kappa shape index (κ3) is 6.66. The Labute approximate surface area is 194 Å². The normalized spacial score (nSPS) is 22.6. The lowest BCUT2D eigenvalue weighted by Gasteiger charge is -2.30. The van der Waals surface area contributed by atoms with Crippen molar-refractivity contribution in [2.45, 2.75) is 59.2 Å². The molecular formula is C28H39N3O. The lowest BCUT2D eigenvalue weighted by Crippen LogP contribution is -2.33. The summed E-state index contributed by atoms with van der Waals surface area (Å²) in [5.41, 5.74) is 4.52. The molecule has 2 saturated heterocycles. The quantitative estimate of drug-likeness (QED) is 0.661. The topological polar surface area (TPSA) is 35.6 Å². The number of amides is 1. The Balaban J connectivity index is 1.27.